The van der Waals surface area contributed by atoms with Gasteiger partial charge in [0.05, 0.1) is 0 Å². The second-order valence-corrected chi connectivity index (χ2v) is 5.27. The molecule has 0 bridgehead atoms. The van der Waals surface area contributed by atoms with Gasteiger partial charge in [-0.25, -0.2) is 0 Å². The molecule has 1 aliphatic carbocycles. The Bertz CT molecular complexity index is 188. The summed E-state index contributed by atoms with van der Waals surface area (Å²) < 4.78 is 0. The van der Waals surface area contributed by atoms with E-state index in [1.165, 1.54) is 45.4 Å². The second-order valence-electron chi connectivity index (χ2n) is 5.27. The van der Waals surface area contributed by atoms with Gasteiger partial charge in [-0.3, -0.25) is 0 Å². The number of nitrogens with zero attached hydrogens (tertiary/aromatic N) is 2. The molecule has 0 aromatic rings. The molecule has 0 heterocycles. The summed E-state index contributed by atoms with van der Waals surface area (Å²) in [6, 6.07) is 0.420. The monoisotopic (exact) mass is 241 g/mol. The van der Waals surface area contributed by atoms with Gasteiger partial charge in [-0.15, -0.1) is 0 Å². The van der Waals surface area contributed by atoms with Crippen LogP contribution in [0.25, 0.3) is 0 Å². The summed E-state index contributed by atoms with van der Waals surface area (Å²) in [5, 5.41) is 0. The fourth-order valence-electron chi connectivity index (χ4n) is 2.41. The molecule has 1 atom stereocenters. The predicted octanol–water partition coefficient (Wildman–Crippen LogP) is 1.78. The Hall–Kier alpha value is -0.120. The van der Waals surface area contributed by atoms with E-state index in [-0.39, 0.29) is 0 Å². The van der Waals surface area contributed by atoms with Gasteiger partial charge in [-0.2, -0.15) is 0 Å². The lowest BCUT2D eigenvalue weighted by Crippen LogP contribution is -2.40. The molecular weight excluding hydrogens is 210 g/mol. The van der Waals surface area contributed by atoms with E-state index >= 15 is 0 Å². The summed E-state index contributed by atoms with van der Waals surface area (Å²) >= 11 is 0. The van der Waals surface area contributed by atoms with E-state index in [1.807, 2.05) is 0 Å². The zero-order valence-corrected chi connectivity index (χ0v) is 12.0. The van der Waals surface area contributed by atoms with Crippen molar-refractivity contribution in [3.05, 3.63) is 0 Å². The molecular formula is C14H31N3. The van der Waals surface area contributed by atoms with Crippen LogP contribution in [-0.2, 0) is 0 Å². The van der Waals surface area contributed by atoms with Crippen molar-refractivity contribution in [2.45, 2.75) is 46.1 Å². The van der Waals surface area contributed by atoms with Crippen LogP contribution in [0.5, 0.6) is 0 Å². The number of rotatable bonds is 10. The Balaban J connectivity index is 2.12. The quantitative estimate of drug-likeness (QED) is 0.633. The van der Waals surface area contributed by atoms with Crippen LogP contribution < -0.4 is 5.73 Å². The summed E-state index contributed by atoms with van der Waals surface area (Å²) in [5.74, 6) is 0.826. The Morgan fingerprint density at radius 2 is 1.53 bits per heavy atom. The lowest BCUT2D eigenvalue weighted by molar-refractivity contribution is 0.229. The molecule has 3 heteroatoms. The first-order valence-electron chi connectivity index (χ1n) is 7.41. The lowest BCUT2D eigenvalue weighted by atomic mass is 10.2. The van der Waals surface area contributed by atoms with Crippen molar-refractivity contribution in [1.82, 2.24) is 9.80 Å². The Morgan fingerprint density at radius 1 is 1.00 bits per heavy atom. The Morgan fingerprint density at radius 3 is 2.00 bits per heavy atom. The third kappa shape index (κ3) is 5.84. The van der Waals surface area contributed by atoms with Crippen LogP contribution in [0, 0.1) is 5.92 Å². The molecule has 3 nitrogen and oxygen atoms in total. The third-order valence-corrected chi connectivity index (χ3v) is 3.99. The molecule has 1 fully saturated rings. The van der Waals surface area contributed by atoms with Gasteiger partial charge in [0.25, 0.3) is 0 Å². The molecule has 0 saturated heterocycles. The van der Waals surface area contributed by atoms with Crippen LogP contribution in [0.3, 0.4) is 0 Å². The first-order chi connectivity index (χ1) is 8.21. The number of hydrogen-bond donors (Lipinski definition) is 1. The molecule has 1 saturated carbocycles. The van der Waals surface area contributed by atoms with Crippen molar-refractivity contribution in [3.63, 3.8) is 0 Å². The first-order valence-corrected chi connectivity index (χ1v) is 7.41. The topological polar surface area (TPSA) is 32.5 Å². The molecule has 2 N–H and O–H groups in total. The van der Waals surface area contributed by atoms with Crippen molar-refractivity contribution in [1.29, 1.82) is 0 Å². The fourth-order valence-corrected chi connectivity index (χ4v) is 2.41. The molecule has 1 rings (SSSR count). The zero-order chi connectivity index (χ0) is 12.7. The van der Waals surface area contributed by atoms with Gasteiger partial charge >= 0.3 is 0 Å². The highest BCUT2D eigenvalue weighted by Crippen LogP contribution is 2.31. The van der Waals surface area contributed by atoms with Crippen LogP contribution in [0.15, 0.2) is 0 Å². The maximum Gasteiger partial charge on any atom is 0.0196 e. The number of hydrogen-bond acceptors (Lipinski definition) is 3. The molecule has 0 amide bonds. The molecule has 0 aliphatic heterocycles. The van der Waals surface area contributed by atoms with Crippen LogP contribution in [0.2, 0.25) is 0 Å². The van der Waals surface area contributed by atoms with Gasteiger partial charge in [-0.1, -0.05) is 20.8 Å². The van der Waals surface area contributed by atoms with Gasteiger partial charge in [0.15, 0.2) is 0 Å². The van der Waals surface area contributed by atoms with Crippen LogP contribution >= 0.6 is 0 Å². The van der Waals surface area contributed by atoms with Crippen molar-refractivity contribution in [3.8, 4) is 0 Å². The maximum absolute atomic E-state index is 6.19. The smallest absolute Gasteiger partial charge is 0.0196 e. The van der Waals surface area contributed by atoms with E-state index in [0.29, 0.717) is 6.04 Å². The van der Waals surface area contributed by atoms with E-state index in [1.54, 1.807) is 0 Å². The average molecular weight is 241 g/mol. The Labute approximate surface area is 107 Å². The molecule has 1 unspecified atom stereocenters. The summed E-state index contributed by atoms with van der Waals surface area (Å²) in [5.41, 5.74) is 6.19. The lowest BCUT2D eigenvalue weighted by Gasteiger charge is -2.25. The van der Waals surface area contributed by atoms with Crippen molar-refractivity contribution >= 4 is 0 Å². The average Bonchev–Trinajstić information content (AvgIpc) is 3.17. The largest absolute Gasteiger partial charge is 0.326 e. The standard InChI is InChI=1S/C14H31N3/c1-4-16(5-2)10-7-11-17(6-3)12-14(15)13-8-9-13/h13-14H,4-12,15H2,1-3H3. The van der Waals surface area contributed by atoms with E-state index < -0.39 is 0 Å². The van der Waals surface area contributed by atoms with Crippen molar-refractivity contribution in [2.75, 3.05) is 39.3 Å². The molecule has 0 radical (unpaired) electrons. The third-order valence-electron chi connectivity index (χ3n) is 3.99. The maximum atomic E-state index is 6.19. The number of likely N-dealkylation sites (N-methyl/N-ethyl adjacent to an activating group) is 1. The SMILES string of the molecule is CCN(CC)CCCN(CC)CC(N)C1CC1. The fraction of sp³-hybridized carbons (Fsp3) is 1.00. The van der Waals surface area contributed by atoms with Gasteiger partial charge in [-0.05, 0) is 57.9 Å². The Kier molecular flexibility index (Phi) is 7.09. The van der Waals surface area contributed by atoms with E-state index in [0.717, 1.165) is 19.0 Å². The van der Waals surface area contributed by atoms with Crippen LogP contribution in [-0.4, -0.2) is 55.1 Å². The molecule has 0 aromatic heterocycles. The van der Waals surface area contributed by atoms with E-state index in [4.69, 9.17) is 5.73 Å². The van der Waals surface area contributed by atoms with Crippen LogP contribution in [0.1, 0.15) is 40.0 Å². The molecule has 1 aliphatic rings. The van der Waals surface area contributed by atoms with Gasteiger partial charge < -0.3 is 15.5 Å². The van der Waals surface area contributed by atoms with Gasteiger partial charge in [0, 0.05) is 12.6 Å². The summed E-state index contributed by atoms with van der Waals surface area (Å²) in [6.07, 6.45) is 3.99. The molecule has 0 spiro atoms. The summed E-state index contributed by atoms with van der Waals surface area (Å²) in [4.78, 5) is 5.02. The highest BCUT2D eigenvalue weighted by molar-refractivity contribution is 4.85. The molecule has 0 aromatic carbocycles. The normalized spacial score (nSPS) is 18.0. The minimum Gasteiger partial charge on any atom is -0.326 e. The van der Waals surface area contributed by atoms with Crippen LogP contribution in [0.4, 0.5) is 0 Å². The van der Waals surface area contributed by atoms with Gasteiger partial charge in [0.1, 0.15) is 0 Å². The second kappa shape index (κ2) is 8.06. The highest BCUT2D eigenvalue weighted by Gasteiger charge is 2.29. The highest BCUT2D eigenvalue weighted by atomic mass is 15.1. The summed E-state index contributed by atoms with van der Waals surface area (Å²) in [7, 11) is 0. The van der Waals surface area contributed by atoms with Crippen molar-refractivity contribution in [2.24, 2.45) is 11.7 Å². The predicted molar refractivity (Wildman–Crippen MR) is 75.2 cm³/mol. The molecule has 102 valence electrons. The van der Waals surface area contributed by atoms with Crippen molar-refractivity contribution < 1.29 is 0 Å². The van der Waals surface area contributed by atoms with E-state index in [2.05, 4.69) is 30.6 Å². The van der Waals surface area contributed by atoms with E-state index in [9.17, 15) is 0 Å². The first kappa shape index (κ1) is 14.9. The van der Waals surface area contributed by atoms with Gasteiger partial charge in [0.2, 0.25) is 0 Å². The number of nitrogens with two attached hydrogens (primary N) is 1. The summed E-state index contributed by atoms with van der Waals surface area (Å²) in [6.45, 7) is 13.7. The minimum atomic E-state index is 0.420. The zero-order valence-electron chi connectivity index (χ0n) is 12.0. The molecule has 17 heavy (non-hydrogen) atoms. The minimum absolute atomic E-state index is 0.420.